The fourth-order valence-corrected chi connectivity index (χ4v) is 3.93. The highest BCUT2D eigenvalue weighted by Crippen LogP contribution is 2.39. The smallest absolute Gasteiger partial charge is 0.232 e. The van der Waals surface area contributed by atoms with Crippen molar-refractivity contribution in [3.05, 3.63) is 11.7 Å². The first kappa shape index (κ1) is 11.5. The third-order valence-electron chi connectivity index (χ3n) is 3.72. The van der Waals surface area contributed by atoms with Crippen LogP contribution in [0.2, 0.25) is 0 Å². The topological polar surface area (TPSA) is 59.2 Å². The summed E-state index contributed by atoms with van der Waals surface area (Å²) in [4.78, 5) is 4.51. The van der Waals surface area contributed by atoms with Crippen LogP contribution < -0.4 is 0 Å². The zero-order valence-electron chi connectivity index (χ0n) is 9.84. The molecule has 1 saturated carbocycles. The average molecular weight is 254 g/mol. The molecule has 4 nitrogen and oxygen atoms in total. The maximum absolute atomic E-state index is 9.83. The molecule has 3 rings (SSSR count). The molecule has 5 heteroatoms. The Labute approximate surface area is 105 Å². The number of hydrogen-bond acceptors (Lipinski definition) is 5. The van der Waals surface area contributed by atoms with Crippen LogP contribution in [0.1, 0.15) is 61.4 Å². The Morgan fingerprint density at radius 1 is 1.18 bits per heavy atom. The molecule has 0 radical (unpaired) electrons. The van der Waals surface area contributed by atoms with Crippen molar-refractivity contribution in [1.82, 2.24) is 10.1 Å². The van der Waals surface area contributed by atoms with Gasteiger partial charge in [-0.1, -0.05) is 11.6 Å². The lowest BCUT2D eigenvalue weighted by Crippen LogP contribution is -2.11. The van der Waals surface area contributed by atoms with Crippen LogP contribution in [0.4, 0.5) is 0 Å². The van der Waals surface area contributed by atoms with Gasteiger partial charge in [0.1, 0.15) is 0 Å². The molecule has 3 unspecified atom stereocenters. The third-order valence-corrected chi connectivity index (χ3v) is 5.10. The number of thioether (sulfide) groups is 1. The quantitative estimate of drug-likeness (QED) is 0.879. The van der Waals surface area contributed by atoms with Crippen LogP contribution in [0.5, 0.6) is 0 Å². The standard InChI is InChI=1S/C12H18N2O2S/c15-9-5-3-4-8(9)12-13-11(14-16-12)10-6-1-2-7-17-10/h8-10,15H,1-7H2. The monoisotopic (exact) mass is 254 g/mol. The maximum atomic E-state index is 9.83. The first-order chi connectivity index (χ1) is 8.34. The van der Waals surface area contributed by atoms with Gasteiger partial charge in [0.2, 0.25) is 5.89 Å². The fourth-order valence-electron chi connectivity index (χ4n) is 2.70. The van der Waals surface area contributed by atoms with Crippen LogP contribution in [-0.4, -0.2) is 27.1 Å². The molecular weight excluding hydrogens is 236 g/mol. The molecule has 1 aliphatic heterocycles. The minimum Gasteiger partial charge on any atom is -0.392 e. The summed E-state index contributed by atoms with van der Waals surface area (Å²) >= 11 is 1.93. The van der Waals surface area contributed by atoms with Crippen LogP contribution in [0.3, 0.4) is 0 Å². The van der Waals surface area contributed by atoms with Crippen molar-refractivity contribution in [2.45, 2.75) is 55.8 Å². The van der Waals surface area contributed by atoms with Gasteiger partial charge in [-0.25, -0.2) is 0 Å². The minimum absolute atomic E-state index is 0.0739. The van der Waals surface area contributed by atoms with E-state index in [9.17, 15) is 5.11 Å². The largest absolute Gasteiger partial charge is 0.392 e. The number of rotatable bonds is 2. The predicted octanol–water partition coefficient (Wildman–Crippen LogP) is 2.66. The molecule has 17 heavy (non-hydrogen) atoms. The first-order valence-corrected chi connectivity index (χ1v) is 7.52. The van der Waals surface area contributed by atoms with Gasteiger partial charge in [0.25, 0.3) is 0 Å². The van der Waals surface area contributed by atoms with Gasteiger partial charge in [0, 0.05) is 0 Å². The molecule has 2 heterocycles. The number of aliphatic hydroxyl groups excluding tert-OH is 1. The summed E-state index contributed by atoms with van der Waals surface area (Å²) < 4.78 is 5.34. The molecule has 94 valence electrons. The van der Waals surface area contributed by atoms with E-state index in [4.69, 9.17) is 4.52 Å². The van der Waals surface area contributed by atoms with E-state index in [1.165, 1.54) is 18.6 Å². The highest BCUT2D eigenvalue weighted by molar-refractivity contribution is 7.99. The third kappa shape index (κ3) is 2.36. The zero-order chi connectivity index (χ0) is 11.7. The van der Waals surface area contributed by atoms with E-state index >= 15 is 0 Å². The van der Waals surface area contributed by atoms with Crippen LogP contribution in [0.15, 0.2) is 4.52 Å². The second kappa shape index (κ2) is 4.98. The highest BCUT2D eigenvalue weighted by atomic mass is 32.2. The molecule has 0 bridgehead atoms. The Morgan fingerprint density at radius 2 is 2.12 bits per heavy atom. The molecule has 2 fully saturated rings. The molecule has 1 aliphatic carbocycles. The van der Waals surface area contributed by atoms with Crippen molar-refractivity contribution in [3.63, 3.8) is 0 Å². The van der Waals surface area contributed by atoms with E-state index in [-0.39, 0.29) is 12.0 Å². The van der Waals surface area contributed by atoms with E-state index in [1.54, 1.807) is 0 Å². The molecule has 1 aromatic rings. The Morgan fingerprint density at radius 3 is 2.82 bits per heavy atom. The van der Waals surface area contributed by atoms with Crippen molar-refractivity contribution in [3.8, 4) is 0 Å². The highest BCUT2D eigenvalue weighted by Gasteiger charge is 2.32. The second-order valence-electron chi connectivity index (χ2n) is 4.95. The fraction of sp³-hybridized carbons (Fsp3) is 0.833. The summed E-state index contributed by atoms with van der Waals surface area (Å²) in [5.74, 6) is 2.76. The Balaban J connectivity index is 1.73. The zero-order valence-corrected chi connectivity index (χ0v) is 10.7. The molecule has 0 spiro atoms. The minimum atomic E-state index is -0.290. The molecule has 3 atom stereocenters. The molecule has 1 N–H and O–H groups in total. The van der Waals surface area contributed by atoms with Crippen molar-refractivity contribution in [2.75, 3.05) is 5.75 Å². The van der Waals surface area contributed by atoms with E-state index in [2.05, 4.69) is 10.1 Å². The van der Waals surface area contributed by atoms with E-state index in [0.29, 0.717) is 11.1 Å². The lowest BCUT2D eigenvalue weighted by Gasteiger charge is -2.17. The van der Waals surface area contributed by atoms with Crippen LogP contribution in [-0.2, 0) is 0 Å². The number of aliphatic hydroxyl groups is 1. The number of aromatic nitrogens is 2. The van der Waals surface area contributed by atoms with Gasteiger partial charge in [-0.3, -0.25) is 0 Å². The average Bonchev–Trinajstić information content (AvgIpc) is 2.98. The Kier molecular flexibility index (Phi) is 3.38. The lowest BCUT2D eigenvalue weighted by molar-refractivity contribution is 0.148. The van der Waals surface area contributed by atoms with Gasteiger partial charge >= 0.3 is 0 Å². The number of nitrogens with zero attached hydrogens (tertiary/aromatic N) is 2. The van der Waals surface area contributed by atoms with Gasteiger partial charge in [-0.05, 0) is 37.9 Å². The molecule has 2 aliphatic rings. The maximum Gasteiger partial charge on any atom is 0.232 e. The predicted molar refractivity (Wildman–Crippen MR) is 65.9 cm³/mol. The van der Waals surface area contributed by atoms with Gasteiger partial charge in [0.15, 0.2) is 5.82 Å². The summed E-state index contributed by atoms with van der Waals surface area (Å²) in [7, 11) is 0. The van der Waals surface area contributed by atoms with Gasteiger partial charge in [0.05, 0.1) is 17.3 Å². The van der Waals surface area contributed by atoms with Crippen molar-refractivity contribution in [2.24, 2.45) is 0 Å². The Hall–Kier alpha value is -0.550. The van der Waals surface area contributed by atoms with Gasteiger partial charge < -0.3 is 9.63 Å². The van der Waals surface area contributed by atoms with Crippen molar-refractivity contribution < 1.29 is 9.63 Å². The van der Waals surface area contributed by atoms with Crippen molar-refractivity contribution in [1.29, 1.82) is 0 Å². The van der Waals surface area contributed by atoms with Gasteiger partial charge in [-0.2, -0.15) is 16.7 Å². The Bertz CT molecular complexity index is 376. The summed E-state index contributed by atoms with van der Waals surface area (Å²) in [6.45, 7) is 0. The molecular formula is C12H18N2O2S. The molecule has 1 aromatic heterocycles. The van der Waals surface area contributed by atoms with Gasteiger partial charge in [-0.15, -0.1) is 0 Å². The lowest BCUT2D eigenvalue weighted by atomic mass is 10.1. The van der Waals surface area contributed by atoms with Crippen molar-refractivity contribution >= 4 is 11.8 Å². The van der Waals surface area contributed by atoms with Crippen LogP contribution in [0.25, 0.3) is 0 Å². The first-order valence-electron chi connectivity index (χ1n) is 6.48. The SMILES string of the molecule is OC1CCCC1c1nc(C2CCCCS2)no1. The normalized spacial score (nSPS) is 34.1. The van der Waals surface area contributed by atoms with E-state index in [1.807, 2.05) is 11.8 Å². The molecule has 1 saturated heterocycles. The summed E-state index contributed by atoms with van der Waals surface area (Å²) in [5.41, 5.74) is 0. The second-order valence-corrected chi connectivity index (χ2v) is 6.26. The summed E-state index contributed by atoms with van der Waals surface area (Å²) in [6.07, 6.45) is 6.31. The molecule has 0 amide bonds. The summed E-state index contributed by atoms with van der Waals surface area (Å²) in [6, 6.07) is 0. The van der Waals surface area contributed by atoms with E-state index in [0.717, 1.165) is 31.5 Å². The summed E-state index contributed by atoms with van der Waals surface area (Å²) in [5, 5.41) is 14.3. The molecule has 0 aromatic carbocycles. The van der Waals surface area contributed by atoms with E-state index < -0.39 is 0 Å². The van der Waals surface area contributed by atoms with Crippen LogP contribution >= 0.6 is 11.8 Å². The van der Waals surface area contributed by atoms with Crippen LogP contribution in [0, 0.1) is 0 Å². The number of hydrogen-bond donors (Lipinski definition) is 1.